The maximum absolute atomic E-state index is 12.4. The lowest BCUT2D eigenvalue weighted by Gasteiger charge is -2.24. The molecule has 12 heteroatoms. The van der Waals surface area contributed by atoms with Gasteiger partial charge in [-0.05, 0) is 38.7 Å². The van der Waals surface area contributed by atoms with Crippen molar-refractivity contribution < 1.29 is 37.7 Å². The standard InChI is InChI=1S/C17H23F3N4O.2CH2O2/c1-13-16(22-12-21-13)11-24(8-7-23(2)3)10-14-5-4-6-15(9-14)25-17(18,19)20;2*2-1-3/h4-6,9,12H,7-8,10-11H2,1-3H3,(H,21,22);2*1H,(H,2,3). The Morgan fingerprint density at radius 2 is 1.74 bits per heavy atom. The number of nitrogens with zero attached hydrogens (tertiary/aromatic N) is 3. The van der Waals surface area contributed by atoms with Crippen molar-refractivity contribution in [1.82, 2.24) is 19.8 Å². The van der Waals surface area contributed by atoms with E-state index in [-0.39, 0.29) is 18.7 Å². The first-order chi connectivity index (χ1) is 14.6. The van der Waals surface area contributed by atoms with E-state index in [0.717, 1.165) is 30.0 Å². The number of rotatable bonds is 8. The van der Waals surface area contributed by atoms with Crippen LogP contribution in [0.3, 0.4) is 0 Å². The van der Waals surface area contributed by atoms with Crippen molar-refractivity contribution in [1.29, 1.82) is 0 Å². The lowest BCUT2D eigenvalue weighted by Crippen LogP contribution is -2.31. The summed E-state index contributed by atoms with van der Waals surface area (Å²) in [6.45, 7) is 4.18. The number of aromatic nitrogens is 2. The van der Waals surface area contributed by atoms with Crippen LogP contribution in [0.15, 0.2) is 30.6 Å². The minimum absolute atomic E-state index is 0.200. The van der Waals surface area contributed by atoms with Crippen molar-refractivity contribution in [3.8, 4) is 5.75 Å². The van der Waals surface area contributed by atoms with Gasteiger partial charge in [-0.1, -0.05) is 12.1 Å². The molecular weight excluding hydrogens is 421 g/mol. The number of H-pyrrole nitrogens is 1. The summed E-state index contributed by atoms with van der Waals surface area (Å²) in [6, 6.07) is 6.09. The monoisotopic (exact) mass is 448 g/mol. The van der Waals surface area contributed by atoms with Gasteiger partial charge in [-0.25, -0.2) is 4.98 Å². The molecule has 174 valence electrons. The van der Waals surface area contributed by atoms with Crippen LogP contribution in [0.1, 0.15) is 17.0 Å². The summed E-state index contributed by atoms with van der Waals surface area (Å²) in [5.74, 6) is -0.200. The van der Waals surface area contributed by atoms with E-state index in [0.29, 0.717) is 13.1 Å². The number of carbonyl (C=O) groups is 2. The molecule has 0 atom stereocenters. The molecule has 0 aliphatic carbocycles. The summed E-state index contributed by atoms with van der Waals surface area (Å²) in [4.78, 5) is 28.3. The van der Waals surface area contributed by atoms with E-state index in [2.05, 4.69) is 24.5 Å². The number of hydrogen-bond acceptors (Lipinski definition) is 6. The summed E-state index contributed by atoms with van der Waals surface area (Å²) in [5.41, 5.74) is 2.68. The highest BCUT2D eigenvalue weighted by molar-refractivity contribution is 5.33. The molecule has 0 saturated carbocycles. The van der Waals surface area contributed by atoms with E-state index in [4.69, 9.17) is 19.8 Å². The third-order valence-electron chi connectivity index (χ3n) is 3.71. The molecule has 3 N–H and O–H groups in total. The number of benzene rings is 1. The van der Waals surface area contributed by atoms with Crippen LogP contribution in [0.25, 0.3) is 0 Å². The van der Waals surface area contributed by atoms with Crippen molar-refractivity contribution in [3.63, 3.8) is 0 Å². The lowest BCUT2D eigenvalue weighted by atomic mass is 10.2. The Labute approximate surface area is 178 Å². The maximum atomic E-state index is 12.4. The predicted octanol–water partition coefficient (Wildman–Crippen LogP) is 2.58. The largest absolute Gasteiger partial charge is 0.573 e. The Morgan fingerprint density at radius 1 is 1.13 bits per heavy atom. The summed E-state index contributed by atoms with van der Waals surface area (Å²) >= 11 is 0. The average Bonchev–Trinajstić information content (AvgIpc) is 3.04. The van der Waals surface area contributed by atoms with Gasteiger partial charge in [0, 0.05) is 31.9 Å². The Morgan fingerprint density at radius 3 is 2.23 bits per heavy atom. The molecule has 0 saturated heterocycles. The molecule has 2 rings (SSSR count). The number of aryl methyl sites for hydroxylation is 1. The van der Waals surface area contributed by atoms with E-state index >= 15 is 0 Å². The van der Waals surface area contributed by atoms with Crippen LogP contribution in [-0.4, -0.2) is 76.5 Å². The minimum Gasteiger partial charge on any atom is -0.483 e. The number of hydrogen-bond donors (Lipinski definition) is 3. The molecule has 1 aromatic carbocycles. The molecule has 0 amide bonds. The fourth-order valence-electron chi connectivity index (χ4n) is 2.41. The minimum atomic E-state index is -4.69. The van der Waals surface area contributed by atoms with E-state index in [1.54, 1.807) is 18.5 Å². The fraction of sp³-hybridized carbons (Fsp3) is 0.421. The highest BCUT2D eigenvalue weighted by atomic mass is 19.4. The normalized spacial score (nSPS) is 10.6. The Balaban J connectivity index is 0.00000134. The van der Waals surface area contributed by atoms with Crippen LogP contribution in [0.5, 0.6) is 5.75 Å². The molecule has 31 heavy (non-hydrogen) atoms. The highest BCUT2D eigenvalue weighted by Crippen LogP contribution is 2.24. The SMILES string of the molecule is Cc1[nH]cnc1CN(CCN(C)C)Cc1cccc(OC(F)(F)F)c1.O=CO.O=CO. The number of likely N-dealkylation sites (N-methyl/N-ethyl adjacent to an activating group) is 1. The summed E-state index contributed by atoms with van der Waals surface area (Å²) in [7, 11) is 3.96. The molecule has 1 heterocycles. The second-order valence-electron chi connectivity index (χ2n) is 6.39. The fourth-order valence-corrected chi connectivity index (χ4v) is 2.41. The van der Waals surface area contributed by atoms with Gasteiger partial charge in [0.1, 0.15) is 5.75 Å². The summed E-state index contributed by atoms with van der Waals surface area (Å²) < 4.78 is 41.2. The molecule has 0 radical (unpaired) electrons. The Hall–Kier alpha value is -3.12. The number of halogens is 3. The molecule has 0 unspecified atom stereocenters. The molecule has 0 fully saturated rings. The van der Waals surface area contributed by atoms with Gasteiger partial charge in [-0.2, -0.15) is 0 Å². The van der Waals surface area contributed by atoms with Gasteiger partial charge in [0.15, 0.2) is 0 Å². The van der Waals surface area contributed by atoms with E-state index in [1.165, 1.54) is 12.1 Å². The number of imidazole rings is 1. The van der Waals surface area contributed by atoms with Crippen LogP contribution in [-0.2, 0) is 22.7 Å². The van der Waals surface area contributed by atoms with Gasteiger partial charge in [0.25, 0.3) is 12.9 Å². The zero-order chi connectivity index (χ0) is 23.9. The predicted molar refractivity (Wildman–Crippen MR) is 107 cm³/mol. The molecular formula is C19H27F3N4O5. The van der Waals surface area contributed by atoms with Crippen molar-refractivity contribution >= 4 is 12.9 Å². The number of alkyl halides is 3. The molecule has 0 aliphatic rings. The zero-order valence-corrected chi connectivity index (χ0v) is 17.5. The van der Waals surface area contributed by atoms with Crippen molar-refractivity contribution in [2.45, 2.75) is 26.4 Å². The van der Waals surface area contributed by atoms with Gasteiger partial charge < -0.3 is 24.8 Å². The van der Waals surface area contributed by atoms with Crippen molar-refractivity contribution in [2.24, 2.45) is 0 Å². The first-order valence-electron chi connectivity index (χ1n) is 8.92. The van der Waals surface area contributed by atoms with Gasteiger partial charge in [-0.3, -0.25) is 14.5 Å². The molecule has 2 aromatic rings. The molecule has 9 nitrogen and oxygen atoms in total. The third-order valence-corrected chi connectivity index (χ3v) is 3.71. The smallest absolute Gasteiger partial charge is 0.483 e. The van der Waals surface area contributed by atoms with Crippen LogP contribution in [0, 0.1) is 6.92 Å². The molecule has 1 aromatic heterocycles. The van der Waals surface area contributed by atoms with Crippen LogP contribution < -0.4 is 4.74 Å². The molecule has 0 spiro atoms. The Bertz CT molecular complexity index is 763. The number of aromatic amines is 1. The second kappa shape index (κ2) is 14.8. The maximum Gasteiger partial charge on any atom is 0.573 e. The van der Waals surface area contributed by atoms with E-state index in [9.17, 15) is 13.2 Å². The zero-order valence-electron chi connectivity index (χ0n) is 17.5. The molecule has 0 aliphatic heterocycles. The van der Waals surface area contributed by atoms with E-state index in [1.807, 2.05) is 21.0 Å². The number of nitrogens with one attached hydrogen (secondary N) is 1. The Kier molecular flexibility index (Phi) is 13.3. The van der Waals surface area contributed by atoms with E-state index < -0.39 is 6.36 Å². The number of ether oxygens (including phenoxy) is 1. The van der Waals surface area contributed by atoms with Crippen molar-refractivity contribution in [2.75, 3.05) is 27.2 Å². The summed E-state index contributed by atoms with van der Waals surface area (Å²) in [5, 5.41) is 13.8. The van der Waals surface area contributed by atoms with Gasteiger partial charge in [0.2, 0.25) is 0 Å². The van der Waals surface area contributed by atoms with Crippen LogP contribution in [0.2, 0.25) is 0 Å². The first kappa shape index (κ1) is 27.9. The molecule has 0 bridgehead atoms. The topological polar surface area (TPSA) is 119 Å². The lowest BCUT2D eigenvalue weighted by molar-refractivity contribution is -0.274. The number of carboxylic acid groups (broad SMARTS) is 2. The van der Waals surface area contributed by atoms with Crippen LogP contribution >= 0.6 is 0 Å². The van der Waals surface area contributed by atoms with Crippen LogP contribution in [0.4, 0.5) is 13.2 Å². The first-order valence-corrected chi connectivity index (χ1v) is 8.92. The second-order valence-corrected chi connectivity index (χ2v) is 6.39. The quantitative estimate of drug-likeness (QED) is 0.528. The van der Waals surface area contributed by atoms with Gasteiger partial charge in [0.05, 0.1) is 12.0 Å². The third kappa shape index (κ3) is 13.7. The van der Waals surface area contributed by atoms with Gasteiger partial charge >= 0.3 is 6.36 Å². The average molecular weight is 448 g/mol. The van der Waals surface area contributed by atoms with Gasteiger partial charge in [-0.15, -0.1) is 13.2 Å². The van der Waals surface area contributed by atoms with Crippen molar-refractivity contribution in [3.05, 3.63) is 47.5 Å². The highest BCUT2D eigenvalue weighted by Gasteiger charge is 2.31. The summed E-state index contributed by atoms with van der Waals surface area (Å²) in [6.07, 6.45) is -3.04.